The fourth-order valence-electron chi connectivity index (χ4n) is 4.00. The molecule has 0 N–H and O–H groups in total. The molecule has 24 heavy (non-hydrogen) atoms. The second kappa shape index (κ2) is 7.71. The number of hydrogen-bond acceptors (Lipinski definition) is 2. The first-order valence-electron chi connectivity index (χ1n) is 8.98. The molecule has 3 nitrogen and oxygen atoms in total. The predicted octanol–water partition coefficient (Wildman–Crippen LogP) is 4.08. The van der Waals surface area contributed by atoms with Crippen molar-refractivity contribution < 1.29 is 4.79 Å². The number of likely N-dealkylation sites (N-methyl/N-ethyl adjacent to an activating group) is 1. The van der Waals surface area contributed by atoms with E-state index in [-0.39, 0.29) is 17.9 Å². The van der Waals surface area contributed by atoms with E-state index in [1.54, 1.807) is 0 Å². The van der Waals surface area contributed by atoms with Crippen LogP contribution >= 0.6 is 11.6 Å². The molecule has 2 atom stereocenters. The van der Waals surface area contributed by atoms with Crippen LogP contribution in [0.2, 0.25) is 5.02 Å². The van der Waals surface area contributed by atoms with Crippen molar-refractivity contribution in [3.05, 3.63) is 40.4 Å². The molecular formula is C20H27ClN2O. The first-order chi connectivity index (χ1) is 11.6. The third-order valence-corrected chi connectivity index (χ3v) is 5.76. The summed E-state index contributed by atoms with van der Waals surface area (Å²) < 4.78 is 0. The van der Waals surface area contributed by atoms with Gasteiger partial charge in [0.15, 0.2) is 0 Å². The van der Waals surface area contributed by atoms with Gasteiger partial charge in [-0.15, -0.1) is 0 Å². The molecule has 3 rings (SSSR count). The number of benzene rings is 1. The van der Waals surface area contributed by atoms with Crippen LogP contribution in [-0.2, 0) is 4.79 Å². The van der Waals surface area contributed by atoms with Gasteiger partial charge in [-0.25, -0.2) is 0 Å². The normalized spacial score (nSPS) is 26.2. The molecule has 2 fully saturated rings. The van der Waals surface area contributed by atoms with Crippen molar-refractivity contribution in [2.45, 2.75) is 38.6 Å². The summed E-state index contributed by atoms with van der Waals surface area (Å²) in [7, 11) is 1.94. The maximum absolute atomic E-state index is 12.7. The van der Waals surface area contributed by atoms with Crippen LogP contribution in [0.4, 0.5) is 0 Å². The fraction of sp³-hybridized carbons (Fsp3) is 0.550. The summed E-state index contributed by atoms with van der Waals surface area (Å²) in [5.74, 6) is 0.421. The van der Waals surface area contributed by atoms with Crippen molar-refractivity contribution in [2.24, 2.45) is 5.92 Å². The molecule has 0 radical (unpaired) electrons. The Labute approximate surface area is 150 Å². The Morgan fingerprint density at radius 2 is 1.96 bits per heavy atom. The SMILES string of the molecule is C/C(=C\c1ccccc1Cl)[C@@H]1C[C@H](CN2CCCCC2)C(=O)N1C. The van der Waals surface area contributed by atoms with E-state index in [4.69, 9.17) is 11.6 Å². The van der Waals surface area contributed by atoms with Gasteiger partial charge in [0.05, 0.1) is 12.0 Å². The Morgan fingerprint density at radius 1 is 1.25 bits per heavy atom. The molecule has 1 aromatic rings. The zero-order valence-corrected chi connectivity index (χ0v) is 15.4. The lowest BCUT2D eigenvalue weighted by Gasteiger charge is -2.28. The molecule has 2 saturated heterocycles. The Morgan fingerprint density at radius 3 is 2.67 bits per heavy atom. The van der Waals surface area contributed by atoms with E-state index < -0.39 is 0 Å². The van der Waals surface area contributed by atoms with Crippen molar-refractivity contribution in [1.82, 2.24) is 9.80 Å². The molecule has 0 bridgehead atoms. The van der Waals surface area contributed by atoms with Crippen LogP contribution in [0.3, 0.4) is 0 Å². The minimum atomic E-state index is 0.132. The highest BCUT2D eigenvalue weighted by atomic mass is 35.5. The predicted molar refractivity (Wildman–Crippen MR) is 100 cm³/mol. The first-order valence-corrected chi connectivity index (χ1v) is 9.36. The monoisotopic (exact) mass is 346 g/mol. The highest BCUT2D eigenvalue weighted by Gasteiger charge is 2.38. The van der Waals surface area contributed by atoms with Crippen LogP contribution in [0.5, 0.6) is 0 Å². The average molecular weight is 347 g/mol. The number of rotatable bonds is 4. The Hall–Kier alpha value is -1.32. The molecule has 0 aromatic heterocycles. The third kappa shape index (κ3) is 3.84. The molecule has 2 heterocycles. The van der Waals surface area contributed by atoms with E-state index in [1.165, 1.54) is 24.8 Å². The lowest BCUT2D eigenvalue weighted by molar-refractivity contribution is -0.131. The number of nitrogens with zero attached hydrogens (tertiary/aromatic N) is 2. The molecular weight excluding hydrogens is 320 g/mol. The highest BCUT2D eigenvalue weighted by Crippen LogP contribution is 2.31. The summed E-state index contributed by atoms with van der Waals surface area (Å²) in [6.45, 7) is 5.32. The lowest BCUT2D eigenvalue weighted by atomic mass is 9.97. The van der Waals surface area contributed by atoms with E-state index in [1.807, 2.05) is 36.2 Å². The summed E-state index contributed by atoms with van der Waals surface area (Å²) in [5, 5.41) is 0.758. The van der Waals surface area contributed by atoms with Gasteiger partial charge in [-0.3, -0.25) is 4.79 Å². The maximum atomic E-state index is 12.7. The van der Waals surface area contributed by atoms with Crippen molar-refractivity contribution in [1.29, 1.82) is 0 Å². The number of hydrogen-bond donors (Lipinski definition) is 0. The number of carbonyl (C=O) groups is 1. The van der Waals surface area contributed by atoms with Crippen molar-refractivity contribution in [3.63, 3.8) is 0 Å². The number of halogens is 1. The second-order valence-electron chi connectivity index (χ2n) is 7.17. The lowest BCUT2D eigenvalue weighted by Crippen LogP contribution is -2.37. The highest BCUT2D eigenvalue weighted by molar-refractivity contribution is 6.32. The van der Waals surface area contributed by atoms with Gasteiger partial charge in [-0.2, -0.15) is 0 Å². The third-order valence-electron chi connectivity index (χ3n) is 5.41. The first kappa shape index (κ1) is 17.5. The van der Waals surface area contributed by atoms with Crippen LogP contribution in [0, 0.1) is 5.92 Å². The average Bonchev–Trinajstić information content (AvgIpc) is 2.86. The van der Waals surface area contributed by atoms with E-state index >= 15 is 0 Å². The topological polar surface area (TPSA) is 23.6 Å². The van der Waals surface area contributed by atoms with Crippen LogP contribution in [0.25, 0.3) is 6.08 Å². The van der Waals surface area contributed by atoms with Crippen LogP contribution in [-0.4, -0.2) is 48.4 Å². The minimum Gasteiger partial charge on any atom is -0.339 e. The van der Waals surface area contributed by atoms with E-state index in [2.05, 4.69) is 17.9 Å². The number of carbonyl (C=O) groups excluding carboxylic acids is 1. The largest absolute Gasteiger partial charge is 0.339 e. The summed E-state index contributed by atoms with van der Waals surface area (Å²) in [4.78, 5) is 17.1. The Balaban J connectivity index is 1.70. The van der Waals surface area contributed by atoms with Gasteiger partial charge in [-0.05, 0) is 50.9 Å². The fourth-order valence-corrected chi connectivity index (χ4v) is 4.19. The molecule has 0 aliphatic carbocycles. The summed E-state index contributed by atoms with van der Waals surface area (Å²) >= 11 is 6.27. The van der Waals surface area contributed by atoms with E-state index in [0.29, 0.717) is 0 Å². The van der Waals surface area contributed by atoms with Gasteiger partial charge in [0.1, 0.15) is 0 Å². The minimum absolute atomic E-state index is 0.132. The summed E-state index contributed by atoms with van der Waals surface area (Å²) in [5.41, 5.74) is 2.23. The van der Waals surface area contributed by atoms with Crippen LogP contribution < -0.4 is 0 Å². The van der Waals surface area contributed by atoms with Gasteiger partial charge < -0.3 is 9.80 Å². The van der Waals surface area contributed by atoms with Crippen molar-refractivity contribution >= 4 is 23.6 Å². The molecule has 2 aliphatic rings. The smallest absolute Gasteiger partial charge is 0.227 e. The Kier molecular flexibility index (Phi) is 5.62. The second-order valence-corrected chi connectivity index (χ2v) is 7.58. The van der Waals surface area contributed by atoms with Crippen LogP contribution in [0.1, 0.15) is 38.2 Å². The molecule has 1 amide bonds. The van der Waals surface area contributed by atoms with Gasteiger partial charge in [0.25, 0.3) is 0 Å². The molecule has 130 valence electrons. The Bertz CT molecular complexity index is 622. The zero-order chi connectivity index (χ0) is 17.1. The van der Waals surface area contributed by atoms with Gasteiger partial charge >= 0.3 is 0 Å². The van der Waals surface area contributed by atoms with E-state index in [9.17, 15) is 4.79 Å². The summed E-state index contributed by atoms with van der Waals surface area (Å²) in [6, 6.07) is 8.04. The molecule has 0 spiro atoms. The van der Waals surface area contributed by atoms with Gasteiger partial charge in [0, 0.05) is 18.6 Å². The molecule has 0 unspecified atom stereocenters. The van der Waals surface area contributed by atoms with Crippen LogP contribution in [0.15, 0.2) is 29.8 Å². The molecule has 4 heteroatoms. The summed E-state index contributed by atoms with van der Waals surface area (Å²) in [6.07, 6.45) is 6.91. The van der Waals surface area contributed by atoms with Gasteiger partial charge in [0.2, 0.25) is 5.91 Å². The quantitative estimate of drug-likeness (QED) is 0.820. The standard InChI is InChI=1S/C20H27ClN2O/c1-15(12-16-8-4-5-9-18(16)21)19-13-17(20(24)22(19)2)14-23-10-6-3-7-11-23/h4-5,8-9,12,17,19H,3,6-7,10-11,13-14H2,1-2H3/b15-12+/t17-,19+/m1/s1. The molecule has 1 aromatic carbocycles. The maximum Gasteiger partial charge on any atom is 0.227 e. The molecule has 2 aliphatic heterocycles. The van der Waals surface area contributed by atoms with Gasteiger partial charge in [-0.1, -0.05) is 47.9 Å². The molecule has 0 saturated carbocycles. The van der Waals surface area contributed by atoms with E-state index in [0.717, 1.165) is 36.6 Å². The van der Waals surface area contributed by atoms with Crippen molar-refractivity contribution in [3.8, 4) is 0 Å². The zero-order valence-electron chi connectivity index (χ0n) is 14.7. The number of amides is 1. The number of likely N-dealkylation sites (tertiary alicyclic amines) is 2. The van der Waals surface area contributed by atoms with Crippen molar-refractivity contribution in [2.75, 3.05) is 26.7 Å². The number of piperidine rings is 1.